The summed E-state index contributed by atoms with van der Waals surface area (Å²) in [5.41, 5.74) is 4.08. The van der Waals surface area contributed by atoms with Crippen molar-refractivity contribution in [2.45, 2.75) is 20.4 Å². The number of nitrogens with zero attached hydrogens (tertiary/aromatic N) is 3. The number of thioether (sulfide) groups is 2. The van der Waals surface area contributed by atoms with E-state index in [0.717, 1.165) is 34.1 Å². The van der Waals surface area contributed by atoms with Crippen LogP contribution in [0.4, 0.5) is 5.69 Å². The maximum atomic E-state index is 13.5. The minimum atomic E-state index is -0.197. The summed E-state index contributed by atoms with van der Waals surface area (Å²) in [6.07, 6.45) is 3.92. The lowest BCUT2D eigenvalue weighted by Gasteiger charge is -2.21. The van der Waals surface area contributed by atoms with Crippen molar-refractivity contribution < 1.29 is 4.79 Å². The van der Waals surface area contributed by atoms with E-state index in [9.17, 15) is 9.59 Å². The van der Waals surface area contributed by atoms with Gasteiger partial charge in [-0.15, -0.1) is 11.3 Å². The Labute approximate surface area is 262 Å². The Morgan fingerprint density at radius 2 is 1.36 bits per heavy atom. The molecule has 0 spiro atoms. The second-order valence-corrected chi connectivity index (χ2v) is 13.1. The molecule has 210 valence electrons. The van der Waals surface area contributed by atoms with Crippen molar-refractivity contribution in [1.29, 1.82) is 0 Å². The number of anilines is 1. The first-order valence-electron chi connectivity index (χ1n) is 13.6. The average molecular weight is 626 g/mol. The largest absolute Gasteiger partial charge is 0.335 e. The van der Waals surface area contributed by atoms with E-state index >= 15 is 0 Å². The van der Waals surface area contributed by atoms with Gasteiger partial charge >= 0.3 is 0 Å². The molecule has 6 rings (SSSR count). The fourth-order valence-corrected chi connectivity index (χ4v) is 8.80. The molecule has 3 heterocycles. The van der Waals surface area contributed by atoms with Gasteiger partial charge in [0.25, 0.3) is 11.5 Å². The molecule has 0 bridgehead atoms. The Morgan fingerprint density at radius 1 is 0.738 bits per heavy atom. The zero-order valence-corrected chi connectivity index (χ0v) is 26.3. The zero-order valence-electron chi connectivity index (χ0n) is 23.0. The third-order valence-corrected chi connectivity index (χ3v) is 10.8. The topological polar surface area (TPSA) is 45.5 Å². The monoisotopic (exact) mass is 625 g/mol. The summed E-state index contributed by atoms with van der Waals surface area (Å²) in [5, 5.41) is 1.04. The number of aromatic nitrogens is 1. The molecule has 1 amide bonds. The van der Waals surface area contributed by atoms with E-state index in [1.807, 2.05) is 61.5 Å². The number of amides is 1. The van der Waals surface area contributed by atoms with Crippen LogP contribution in [-0.4, -0.2) is 26.2 Å². The van der Waals surface area contributed by atoms with Crippen LogP contribution in [0.2, 0.25) is 0 Å². The number of thiazole rings is 1. The molecule has 3 aromatic carbocycles. The number of hydrogen-bond acceptors (Lipinski definition) is 7. The SMILES string of the molecule is CCN1C(c2ccccc2)=C(c2ccccc2)S/C1=C/C=c1\s/c(=C2\SC(=S)N(c3ccccc3)C2=O)n(CC)c1=O. The standard InChI is InChI=1S/C33H27N3O2S4/c1-3-34-26(41-28(23-16-10-6-11-17-23)27(34)22-14-8-5-9-15-22)21-20-25-30(37)35(4-2)32(40-25)29-31(38)36(33(39)42-29)24-18-12-7-13-19-24/h5-21H,3-4H2,1-2H3/b25-20-,26-21+,32-29-. The van der Waals surface area contributed by atoms with Gasteiger partial charge in [-0.3, -0.25) is 19.1 Å². The molecule has 9 heteroatoms. The molecule has 0 saturated carbocycles. The first-order chi connectivity index (χ1) is 20.5. The Hall–Kier alpha value is -3.63. The number of para-hydroxylation sites is 1. The van der Waals surface area contributed by atoms with Crippen LogP contribution in [-0.2, 0) is 11.3 Å². The summed E-state index contributed by atoms with van der Waals surface area (Å²) in [6.45, 7) is 5.29. The zero-order chi connectivity index (χ0) is 29.2. The van der Waals surface area contributed by atoms with E-state index in [4.69, 9.17) is 12.2 Å². The lowest BCUT2D eigenvalue weighted by Crippen LogP contribution is -2.33. The van der Waals surface area contributed by atoms with Crippen molar-refractivity contribution in [2.75, 3.05) is 11.4 Å². The molecule has 0 unspecified atom stereocenters. The second kappa shape index (κ2) is 12.3. The number of hydrogen-bond donors (Lipinski definition) is 0. The van der Waals surface area contributed by atoms with Crippen LogP contribution in [0.3, 0.4) is 0 Å². The van der Waals surface area contributed by atoms with Gasteiger partial charge in [-0.1, -0.05) is 115 Å². The number of allylic oxidation sites excluding steroid dienone is 1. The van der Waals surface area contributed by atoms with Gasteiger partial charge in [-0.2, -0.15) is 0 Å². The number of carbonyl (C=O) groups is 1. The van der Waals surface area contributed by atoms with Crippen molar-refractivity contribution in [2.24, 2.45) is 0 Å². The van der Waals surface area contributed by atoms with E-state index < -0.39 is 0 Å². The van der Waals surface area contributed by atoms with Crippen molar-refractivity contribution >= 4 is 84.6 Å². The number of carbonyl (C=O) groups excluding carboxylic acids is 1. The molecule has 1 saturated heterocycles. The van der Waals surface area contributed by atoms with E-state index in [2.05, 4.69) is 60.4 Å². The lowest BCUT2D eigenvalue weighted by atomic mass is 10.1. The van der Waals surface area contributed by atoms with Gasteiger partial charge in [0.1, 0.15) is 9.57 Å². The van der Waals surface area contributed by atoms with Crippen LogP contribution < -0.4 is 19.7 Å². The van der Waals surface area contributed by atoms with Gasteiger partial charge in [-0.05, 0) is 49.3 Å². The summed E-state index contributed by atoms with van der Waals surface area (Å²) in [7, 11) is 0. The van der Waals surface area contributed by atoms with Gasteiger partial charge < -0.3 is 4.90 Å². The molecule has 1 fully saturated rings. The van der Waals surface area contributed by atoms with Gasteiger partial charge in [0.15, 0.2) is 4.32 Å². The van der Waals surface area contributed by atoms with Crippen LogP contribution in [0.15, 0.2) is 107 Å². The minimum absolute atomic E-state index is 0.107. The minimum Gasteiger partial charge on any atom is -0.335 e. The summed E-state index contributed by atoms with van der Waals surface area (Å²) < 4.78 is 3.36. The first-order valence-corrected chi connectivity index (χ1v) is 16.4. The lowest BCUT2D eigenvalue weighted by molar-refractivity contribution is -0.112. The normalized spacial score (nSPS) is 18.2. The molecule has 0 N–H and O–H groups in total. The average Bonchev–Trinajstić information content (AvgIpc) is 3.66. The van der Waals surface area contributed by atoms with Gasteiger partial charge in [0.2, 0.25) is 0 Å². The maximum Gasteiger partial charge on any atom is 0.273 e. The Morgan fingerprint density at radius 3 is 1.98 bits per heavy atom. The van der Waals surface area contributed by atoms with Crippen molar-refractivity contribution in [1.82, 2.24) is 9.47 Å². The third-order valence-electron chi connectivity index (χ3n) is 6.94. The fourth-order valence-electron chi connectivity index (χ4n) is 4.98. The quantitative estimate of drug-likeness (QED) is 0.234. The first kappa shape index (κ1) is 28.5. The Bertz CT molecular complexity index is 1910. The summed E-state index contributed by atoms with van der Waals surface area (Å²) in [6, 6.07) is 30.2. The third kappa shape index (κ3) is 5.22. The van der Waals surface area contributed by atoms with Crippen molar-refractivity contribution in [3.05, 3.63) is 133 Å². The molecular weight excluding hydrogens is 599 g/mol. The highest BCUT2D eigenvalue weighted by Crippen LogP contribution is 2.50. The molecule has 1 aromatic heterocycles. The van der Waals surface area contributed by atoms with E-state index in [1.165, 1.54) is 28.0 Å². The van der Waals surface area contributed by atoms with Crippen LogP contribution in [0.25, 0.3) is 21.6 Å². The molecule has 2 aliphatic heterocycles. The number of benzene rings is 3. The van der Waals surface area contributed by atoms with Crippen molar-refractivity contribution in [3.63, 3.8) is 0 Å². The van der Waals surface area contributed by atoms with Crippen molar-refractivity contribution in [3.8, 4) is 0 Å². The van der Waals surface area contributed by atoms with Crippen LogP contribution in [0.5, 0.6) is 0 Å². The molecular formula is C33H27N3O2S4. The highest BCUT2D eigenvalue weighted by molar-refractivity contribution is 8.31. The van der Waals surface area contributed by atoms with Crippen LogP contribution in [0.1, 0.15) is 25.0 Å². The van der Waals surface area contributed by atoms with E-state index in [-0.39, 0.29) is 11.5 Å². The van der Waals surface area contributed by atoms with Gasteiger partial charge in [0.05, 0.1) is 20.9 Å². The van der Waals surface area contributed by atoms with Crippen LogP contribution in [0, 0.1) is 0 Å². The summed E-state index contributed by atoms with van der Waals surface area (Å²) in [5.74, 6) is -0.197. The highest BCUT2D eigenvalue weighted by Gasteiger charge is 2.35. The Kier molecular flexibility index (Phi) is 8.35. The number of thiocarbonyl (C=S) groups is 1. The maximum absolute atomic E-state index is 13.5. The van der Waals surface area contributed by atoms with Crippen LogP contribution >= 0.6 is 47.1 Å². The molecule has 5 nitrogen and oxygen atoms in total. The van der Waals surface area contributed by atoms with E-state index in [0.29, 0.717) is 25.0 Å². The molecule has 4 aromatic rings. The molecule has 2 aliphatic rings. The molecule has 0 radical (unpaired) electrons. The summed E-state index contributed by atoms with van der Waals surface area (Å²) >= 11 is 9.88. The van der Waals surface area contributed by atoms with Gasteiger partial charge in [0, 0.05) is 18.0 Å². The summed E-state index contributed by atoms with van der Waals surface area (Å²) in [4.78, 5) is 32.6. The molecule has 0 atom stereocenters. The Balaban J connectivity index is 1.44. The molecule has 42 heavy (non-hydrogen) atoms. The van der Waals surface area contributed by atoms with E-state index in [1.54, 1.807) is 21.2 Å². The predicted octanol–water partition coefficient (Wildman–Crippen LogP) is 6.32. The smallest absolute Gasteiger partial charge is 0.273 e. The highest BCUT2D eigenvalue weighted by atomic mass is 32.2. The predicted molar refractivity (Wildman–Crippen MR) is 183 cm³/mol. The molecule has 0 aliphatic carbocycles. The fraction of sp³-hybridized carbons (Fsp3) is 0.121. The second-order valence-electron chi connectivity index (χ2n) is 9.42. The van der Waals surface area contributed by atoms with Gasteiger partial charge in [-0.25, -0.2) is 0 Å². The number of rotatable bonds is 6.